The first-order valence-corrected chi connectivity index (χ1v) is 7.25. The van der Waals surface area contributed by atoms with Crippen LogP contribution in [0, 0.1) is 0 Å². The lowest BCUT2D eigenvalue weighted by atomic mass is 10.2. The number of para-hydroxylation sites is 2. The molecule has 0 saturated heterocycles. The number of fused-ring (bicyclic) bond motifs is 1. The van der Waals surface area contributed by atoms with Crippen LogP contribution >= 0.6 is 0 Å². The standard InChI is InChI=1S/C17H13N5O2/c1-23-11-8-6-10(7-9-11)16-21-22-17(24-16)14-15(18)20-13-5-3-2-4-12(13)19-14/h2-9H,1H3,(H2,18,20). The van der Waals surface area contributed by atoms with Gasteiger partial charge in [-0.1, -0.05) is 12.1 Å². The number of hydrogen-bond donors (Lipinski definition) is 1. The summed E-state index contributed by atoms with van der Waals surface area (Å²) in [6.45, 7) is 0. The van der Waals surface area contributed by atoms with Gasteiger partial charge in [0.25, 0.3) is 5.89 Å². The molecule has 0 fully saturated rings. The Morgan fingerprint density at radius 3 is 2.25 bits per heavy atom. The molecular formula is C17H13N5O2. The molecule has 7 heteroatoms. The summed E-state index contributed by atoms with van der Waals surface area (Å²) in [7, 11) is 1.61. The summed E-state index contributed by atoms with van der Waals surface area (Å²) >= 11 is 0. The Hall–Kier alpha value is -3.48. The molecule has 0 saturated carbocycles. The van der Waals surface area contributed by atoms with Crippen molar-refractivity contribution in [1.82, 2.24) is 20.2 Å². The van der Waals surface area contributed by atoms with Gasteiger partial charge >= 0.3 is 0 Å². The number of benzene rings is 2. The lowest BCUT2D eigenvalue weighted by Gasteiger charge is -2.02. The summed E-state index contributed by atoms with van der Waals surface area (Å²) in [5.41, 5.74) is 8.57. The summed E-state index contributed by atoms with van der Waals surface area (Å²) in [5.74, 6) is 1.61. The van der Waals surface area contributed by atoms with Crippen molar-refractivity contribution >= 4 is 16.9 Å². The summed E-state index contributed by atoms with van der Waals surface area (Å²) in [6, 6.07) is 14.8. The van der Waals surface area contributed by atoms with Gasteiger partial charge in [0.05, 0.1) is 18.1 Å². The molecule has 2 aromatic carbocycles. The van der Waals surface area contributed by atoms with Crippen LogP contribution in [-0.4, -0.2) is 27.3 Å². The molecular weight excluding hydrogens is 306 g/mol. The van der Waals surface area contributed by atoms with Gasteiger partial charge in [-0.3, -0.25) is 0 Å². The Bertz CT molecular complexity index is 1010. The topological polar surface area (TPSA) is 100.0 Å². The predicted octanol–water partition coefficient (Wildman–Crippen LogP) is 2.94. The molecule has 2 heterocycles. The van der Waals surface area contributed by atoms with E-state index >= 15 is 0 Å². The van der Waals surface area contributed by atoms with E-state index in [-0.39, 0.29) is 11.7 Å². The zero-order valence-corrected chi connectivity index (χ0v) is 12.8. The van der Waals surface area contributed by atoms with Crippen LogP contribution in [0.3, 0.4) is 0 Å². The number of nitrogens with zero attached hydrogens (tertiary/aromatic N) is 4. The number of ether oxygens (including phenoxy) is 1. The third kappa shape index (κ3) is 2.41. The third-order valence-corrected chi connectivity index (χ3v) is 3.56. The molecule has 7 nitrogen and oxygen atoms in total. The Labute approximate surface area is 137 Å². The molecule has 4 aromatic rings. The smallest absolute Gasteiger partial charge is 0.270 e. The quantitative estimate of drug-likeness (QED) is 0.619. The number of rotatable bonds is 3. The first-order chi connectivity index (χ1) is 11.7. The van der Waals surface area contributed by atoms with Gasteiger partial charge in [-0.05, 0) is 36.4 Å². The third-order valence-electron chi connectivity index (χ3n) is 3.56. The van der Waals surface area contributed by atoms with Crippen LogP contribution in [0.2, 0.25) is 0 Å². The van der Waals surface area contributed by atoms with Crippen molar-refractivity contribution in [3.05, 3.63) is 48.5 Å². The molecule has 2 aromatic heterocycles. The van der Waals surface area contributed by atoms with Crippen molar-refractivity contribution in [2.24, 2.45) is 0 Å². The molecule has 0 aliphatic carbocycles. The fourth-order valence-electron chi connectivity index (χ4n) is 2.34. The highest BCUT2D eigenvalue weighted by Gasteiger charge is 2.16. The minimum absolute atomic E-state index is 0.233. The number of nitrogen functional groups attached to an aromatic ring is 1. The minimum Gasteiger partial charge on any atom is -0.497 e. The fraction of sp³-hybridized carbons (Fsp3) is 0.0588. The van der Waals surface area contributed by atoms with Crippen LogP contribution in [0.1, 0.15) is 0 Å². The van der Waals surface area contributed by atoms with Crippen LogP contribution in [0.25, 0.3) is 34.1 Å². The SMILES string of the molecule is COc1ccc(-c2nnc(-c3nc4ccccc4nc3N)o2)cc1. The second-order valence-corrected chi connectivity index (χ2v) is 5.09. The second-order valence-electron chi connectivity index (χ2n) is 5.09. The fourth-order valence-corrected chi connectivity index (χ4v) is 2.34. The van der Waals surface area contributed by atoms with Crippen LogP contribution in [-0.2, 0) is 0 Å². The second kappa shape index (κ2) is 5.62. The predicted molar refractivity (Wildman–Crippen MR) is 89.2 cm³/mol. The zero-order chi connectivity index (χ0) is 16.5. The van der Waals surface area contributed by atoms with Gasteiger partial charge in [-0.2, -0.15) is 0 Å². The molecule has 0 amide bonds. The molecule has 24 heavy (non-hydrogen) atoms. The molecule has 0 radical (unpaired) electrons. The highest BCUT2D eigenvalue weighted by molar-refractivity contribution is 5.80. The molecule has 0 bridgehead atoms. The number of nitrogens with two attached hydrogens (primary N) is 1. The van der Waals surface area contributed by atoms with Gasteiger partial charge in [0.2, 0.25) is 5.89 Å². The Morgan fingerprint density at radius 1 is 0.875 bits per heavy atom. The van der Waals surface area contributed by atoms with E-state index < -0.39 is 0 Å². The van der Waals surface area contributed by atoms with Crippen LogP contribution in [0.5, 0.6) is 5.75 Å². The van der Waals surface area contributed by atoms with E-state index in [9.17, 15) is 0 Å². The largest absolute Gasteiger partial charge is 0.497 e. The Kier molecular flexibility index (Phi) is 3.31. The van der Waals surface area contributed by atoms with Crippen molar-refractivity contribution in [2.45, 2.75) is 0 Å². The summed E-state index contributed by atoms with van der Waals surface area (Å²) in [6.07, 6.45) is 0. The van der Waals surface area contributed by atoms with Crippen molar-refractivity contribution in [3.8, 4) is 28.8 Å². The first kappa shape index (κ1) is 14.1. The van der Waals surface area contributed by atoms with Gasteiger partial charge in [0, 0.05) is 5.56 Å². The lowest BCUT2D eigenvalue weighted by molar-refractivity contribution is 0.415. The zero-order valence-electron chi connectivity index (χ0n) is 12.8. The van der Waals surface area contributed by atoms with Crippen LogP contribution < -0.4 is 10.5 Å². The molecule has 0 atom stereocenters. The van der Waals surface area contributed by atoms with Gasteiger partial charge in [0.1, 0.15) is 5.75 Å². The average molecular weight is 319 g/mol. The number of aromatic nitrogens is 4. The molecule has 0 aliphatic rings. The van der Waals surface area contributed by atoms with Gasteiger partial charge in [-0.15, -0.1) is 10.2 Å². The normalized spacial score (nSPS) is 10.9. The minimum atomic E-state index is 0.233. The maximum Gasteiger partial charge on any atom is 0.270 e. The summed E-state index contributed by atoms with van der Waals surface area (Å²) < 4.78 is 10.8. The maximum atomic E-state index is 5.99. The van der Waals surface area contributed by atoms with E-state index in [1.54, 1.807) is 7.11 Å². The van der Waals surface area contributed by atoms with Crippen LogP contribution in [0.4, 0.5) is 5.82 Å². The van der Waals surface area contributed by atoms with Crippen molar-refractivity contribution in [1.29, 1.82) is 0 Å². The van der Waals surface area contributed by atoms with E-state index in [4.69, 9.17) is 14.9 Å². The Morgan fingerprint density at radius 2 is 1.54 bits per heavy atom. The average Bonchev–Trinajstić information content (AvgIpc) is 3.11. The highest BCUT2D eigenvalue weighted by Crippen LogP contribution is 2.27. The van der Waals surface area contributed by atoms with Gasteiger partial charge in [0.15, 0.2) is 11.5 Å². The van der Waals surface area contributed by atoms with E-state index in [0.29, 0.717) is 22.6 Å². The first-order valence-electron chi connectivity index (χ1n) is 7.25. The number of anilines is 1. The van der Waals surface area contributed by atoms with Crippen LogP contribution in [0.15, 0.2) is 52.9 Å². The highest BCUT2D eigenvalue weighted by atomic mass is 16.5. The van der Waals surface area contributed by atoms with Crippen molar-refractivity contribution in [2.75, 3.05) is 12.8 Å². The number of methoxy groups -OCH3 is 1. The molecule has 4 rings (SSSR count). The molecule has 2 N–H and O–H groups in total. The number of hydrogen-bond acceptors (Lipinski definition) is 7. The summed E-state index contributed by atoms with van der Waals surface area (Å²) in [4.78, 5) is 8.80. The summed E-state index contributed by atoms with van der Waals surface area (Å²) in [5, 5.41) is 8.10. The van der Waals surface area contributed by atoms with Gasteiger partial charge in [-0.25, -0.2) is 9.97 Å². The molecule has 0 unspecified atom stereocenters. The van der Waals surface area contributed by atoms with E-state index in [2.05, 4.69) is 20.2 Å². The van der Waals surface area contributed by atoms with E-state index in [1.807, 2.05) is 48.5 Å². The van der Waals surface area contributed by atoms with E-state index in [0.717, 1.165) is 11.3 Å². The maximum absolute atomic E-state index is 5.99. The molecule has 0 aliphatic heterocycles. The van der Waals surface area contributed by atoms with E-state index in [1.165, 1.54) is 0 Å². The molecule has 118 valence electrons. The monoisotopic (exact) mass is 319 g/mol. The van der Waals surface area contributed by atoms with Crippen molar-refractivity contribution < 1.29 is 9.15 Å². The van der Waals surface area contributed by atoms with Crippen molar-refractivity contribution in [3.63, 3.8) is 0 Å². The lowest BCUT2D eigenvalue weighted by Crippen LogP contribution is -1.98. The Balaban J connectivity index is 1.75. The molecule has 0 spiro atoms. The van der Waals surface area contributed by atoms with Gasteiger partial charge < -0.3 is 14.9 Å².